The van der Waals surface area contributed by atoms with Crippen molar-refractivity contribution in [2.75, 3.05) is 31.1 Å². The van der Waals surface area contributed by atoms with Crippen LogP contribution in [0.3, 0.4) is 0 Å². The number of nitrogens with zero attached hydrogens (tertiary/aromatic N) is 2. The molecule has 156 valence electrons. The Morgan fingerprint density at radius 3 is 2.79 bits per heavy atom. The molecule has 1 fully saturated rings. The van der Waals surface area contributed by atoms with E-state index in [1.807, 2.05) is 6.92 Å². The van der Waals surface area contributed by atoms with Gasteiger partial charge in [-0.1, -0.05) is 20.3 Å². The first-order chi connectivity index (χ1) is 13.5. The van der Waals surface area contributed by atoms with Crippen LogP contribution in [0.2, 0.25) is 0 Å². The molecule has 1 saturated heterocycles. The van der Waals surface area contributed by atoms with Gasteiger partial charge in [-0.3, -0.25) is 4.79 Å². The molecule has 0 aliphatic carbocycles. The molecule has 0 saturated carbocycles. The number of rotatable bonds is 8. The summed E-state index contributed by atoms with van der Waals surface area (Å²) < 4.78 is 28.1. The molecule has 2 aliphatic rings. The first-order valence-corrected chi connectivity index (χ1v) is 12.1. The number of hydrogen-bond acceptors (Lipinski definition) is 4. The molecule has 1 atom stereocenters. The lowest BCUT2D eigenvalue weighted by atomic mass is 10.00. The van der Waals surface area contributed by atoms with E-state index in [0.717, 1.165) is 30.8 Å². The molecule has 0 spiro atoms. The van der Waals surface area contributed by atoms with Crippen LogP contribution >= 0.6 is 0 Å². The minimum absolute atomic E-state index is 0.0792. The molecule has 2 heterocycles. The fraction of sp³-hybridized carbons (Fsp3) is 0.667. The van der Waals surface area contributed by atoms with Gasteiger partial charge in [0.25, 0.3) is 0 Å². The molecule has 7 heteroatoms. The highest BCUT2D eigenvalue weighted by Crippen LogP contribution is 2.30. The average molecular weight is 408 g/mol. The van der Waals surface area contributed by atoms with Gasteiger partial charge >= 0.3 is 0 Å². The zero-order valence-electron chi connectivity index (χ0n) is 17.1. The van der Waals surface area contributed by atoms with Crippen LogP contribution in [-0.4, -0.2) is 51.4 Å². The van der Waals surface area contributed by atoms with E-state index in [-0.39, 0.29) is 5.91 Å². The molecule has 0 radical (unpaired) electrons. The van der Waals surface area contributed by atoms with Crippen LogP contribution in [0.1, 0.15) is 57.9 Å². The number of benzene rings is 1. The fourth-order valence-corrected chi connectivity index (χ4v) is 5.51. The van der Waals surface area contributed by atoms with Crippen LogP contribution in [0.25, 0.3) is 0 Å². The summed E-state index contributed by atoms with van der Waals surface area (Å²) in [7, 11) is -3.52. The van der Waals surface area contributed by atoms with E-state index in [2.05, 4.69) is 16.5 Å². The Labute approximate surface area is 169 Å². The largest absolute Gasteiger partial charge is 0.312 e. The second-order valence-corrected chi connectivity index (χ2v) is 9.55. The third kappa shape index (κ3) is 4.75. The minimum Gasteiger partial charge on any atom is -0.312 e. The van der Waals surface area contributed by atoms with E-state index in [1.54, 1.807) is 23.1 Å². The van der Waals surface area contributed by atoms with Crippen molar-refractivity contribution in [3.05, 3.63) is 23.8 Å². The molecule has 1 amide bonds. The Hall–Kier alpha value is -1.44. The van der Waals surface area contributed by atoms with Crippen LogP contribution in [0.15, 0.2) is 23.1 Å². The number of hydrogen-bond donors (Lipinski definition) is 1. The monoisotopic (exact) mass is 407 g/mol. The summed E-state index contributed by atoms with van der Waals surface area (Å²) in [5.74, 6) is 0.0792. The van der Waals surface area contributed by atoms with Crippen LogP contribution < -0.4 is 9.62 Å². The van der Waals surface area contributed by atoms with Gasteiger partial charge in [-0.05, 0) is 69.0 Å². The van der Waals surface area contributed by atoms with Gasteiger partial charge in [0.15, 0.2) is 0 Å². The second-order valence-electron chi connectivity index (χ2n) is 7.78. The molecule has 2 aliphatic heterocycles. The van der Waals surface area contributed by atoms with Crippen LogP contribution in [0.5, 0.6) is 0 Å². The summed E-state index contributed by atoms with van der Waals surface area (Å²) in [6, 6.07) is 5.75. The quantitative estimate of drug-likeness (QED) is 0.673. The van der Waals surface area contributed by atoms with Crippen molar-refractivity contribution in [2.45, 2.75) is 69.7 Å². The lowest BCUT2D eigenvalue weighted by molar-refractivity contribution is -0.118. The number of carbonyl (C=O) groups is 1. The molecule has 1 aromatic rings. The van der Waals surface area contributed by atoms with Gasteiger partial charge in [0.1, 0.15) is 0 Å². The summed E-state index contributed by atoms with van der Waals surface area (Å²) in [5, 5.41) is 0. The molecular formula is C21H33N3O3S. The molecular weight excluding hydrogens is 374 g/mol. The number of anilines is 1. The van der Waals surface area contributed by atoms with Crippen molar-refractivity contribution in [2.24, 2.45) is 0 Å². The SMILES string of the molecule is CCC(=O)N1CCc2cc(S(=O)(=O)NCCCN3CCCC[C@@H]3CC)ccc21. The fourth-order valence-electron chi connectivity index (χ4n) is 4.38. The highest BCUT2D eigenvalue weighted by molar-refractivity contribution is 7.89. The average Bonchev–Trinajstić information content (AvgIpc) is 3.14. The number of piperidine rings is 1. The smallest absolute Gasteiger partial charge is 0.240 e. The Morgan fingerprint density at radius 1 is 1.21 bits per heavy atom. The maximum Gasteiger partial charge on any atom is 0.240 e. The zero-order chi connectivity index (χ0) is 20.1. The zero-order valence-corrected chi connectivity index (χ0v) is 17.9. The molecule has 6 nitrogen and oxygen atoms in total. The predicted molar refractivity (Wildman–Crippen MR) is 112 cm³/mol. The summed E-state index contributed by atoms with van der Waals surface area (Å²) in [4.78, 5) is 16.6. The Bertz CT molecular complexity index is 794. The van der Waals surface area contributed by atoms with Crippen LogP contribution in [-0.2, 0) is 21.2 Å². The highest BCUT2D eigenvalue weighted by Gasteiger charge is 2.26. The molecule has 0 unspecified atom stereocenters. The standard InChI is InChI=1S/C21H33N3O3S/c1-3-18-8-5-6-13-23(18)14-7-12-22-28(26,27)19-9-10-20-17(16-19)11-15-24(20)21(25)4-2/h9-10,16,18,22H,3-8,11-15H2,1-2H3/t18-/m0/s1. The van der Waals surface area contributed by atoms with E-state index in [1.165, 1.54) is 25.7 Å². The number of carbonyl (C=O) groups excluding carboxylic acids is 1. The van der Waals surface area contributed by atoms with E-state index in [4.69, 9.17) is 0 Å². The third-order valence-electron chi connectivity index (χ3n) is 5.99. The van der Waals surface area contributed by atoms with Gasteiger partial charge in [0.2, 0.25) is 15.9 Å². The number of fused-ring (bicyclic) bond motifs is 1. The highest BCUT2D eigenvalue weighted by atomic mass is 32.2. The number of sulfonamides is 1. The van der Waals surface area contributed by atoms with E-state index < -0.39 is 10.0 Å². The summed E-state index contributed by atoms with van der Waals surface area (Å²) in [6.45, 7) is 7.23. The number of likely N-dealkylation sites (tertiary alicyclic amines) is 1. The Balaban J connectivity index is 1.56. The summed E-state index contributed by atoms with van der Waals surface area (Å²) in [5.41, 5.74) is 1.78. The number of nitrogens with one attached hydrogen (secondary N) is 1. The maximum absolute atomic E-state index is 12.7. The van der Waals surface area contributed by atoms with Crippen LogP contribution in [0.4, 0.5) is 5.69 Å². The second kappa shape index (κ2) is 9.37. The Morgan fingerprint density at radius 2 is 2.04 bits per heavy atom. The molecule has 3 rings (SSSR count). The normalized spacial score (nSPS) is 20.4. The van der Waals surface area contributed by atoms with Gasteiger partial charge in [0.05, 0.1) is 4.90 Å². The minimum atomic E-state index is -3.52. The van der Waals surface area contributed by atoms with Gasteiger partial charge < -0.3 is 9.80 Å². The number of amides is 1. The van der Waals surface area contributed by atoms with Crippen molar-refractivity contribution in [1.29, 1.82) is 0 Å². The summed E-state index contributed by atoms with van der Waals surface area (Å²) in [6.07, 6.45) is 6.96. The molecule has 28 heavy (non-hydrogen) atoms. The molecule has 1 aromatic carbocycles. The van der Waals surface area contributed by atoms with Gasteiger partial charge in [-0.25, -0.2) is 13.1 Å². The molecule has 0 bridgehead atoms. The molecule has 0 aromatic heterocycles. The Kier molecular flexibility index (Phi) is 7.12. The lowest BCUT2D eigenvalue weighted by Crippen LogP contribution is -2.40. The van der Waals surface area contributed by atoms with Crippen LogP contribution in [0, 0.1) is 0 Å². The first kappa shape index (κ1) is 21.3. The van der Waals surface area contributed by atoms with E-state index in [0.29, 0.717) is 36.9 Å². The van der Waals surface area contributed by atoms with Gasteiger partial charge in [-0.2, -0.15) is 0 Å². The molecule has 1 N–H and O–H groups in total. The first-order valence-electron chi connectivity index (χ1n) is 10.6. The van der Waals surface area contributed by atoms with Crippen molar-refractivity contribution in [3.63, 3.8) is 0 Å². The van der Waals surface area contributed by atoms with Gasteiger partial charge in [-0.15, -0.1) is 0 Å². The van der Waals surface area contributed by atoms with Gasteiger partial charge in [0, 0.05) is 31.2 Å². The van der Waals surface area contributed by atoms with Crippen molar-refractivity contribution in [1.82, 2.24) is 9.62 Å². The van der Waals surface area contributed by atoms with Crippen molar-refractivity contribution >= 4 is 21.6 Å². The van der Waals surface area contributed by atoms with E-state index in [9.17, 15) is 13.2 Å². The van der Waals surface area contributed by atoms with E-state index >= 15 is 0 Å². The third-order valence-corrected chi connectivity index (χ3v) is 7.45. The van der Waals surface area contributed by atoms with Crippen molar-refractivity contribution in [3.8, 4) is 0 Å². The predicted octanol–water partition coefficient (Wildman–Crippen LogP) is 2.92. The maximum atomic E-state index is 12.7. The topological polar surface area (TPSA) is 69.7 Å². The van der Waals surface area contributed by atoms with Crippen molar-refractivity contribution < 1.29 is 13.2 Å². The summed E-state index contributed by atoms with van der Waals surface area (Å²) >= 11 is 0. The lowest BCUT2D eigenvalue weighted by Gasteiger charge is -2.35.